The normalized spacial score (nSPS) is 11.4. The maximum absolute atomic E-state index is 12.4. The summed E-state index contributed by atoms with van der Waals surface area (Å²) in [4.78, 5) is 15.3. The first-order chi connectivity index (χ1) is 9.78. The highest BCUT2D eigenvalue weighted by Crippen LogP contribution is 2.24. The van der Waals surface area contributed by atoms with Gasteiger partial charge in [-0.05, 0) is 12.1 Å². The van der Waals surface area contributed by atoms with Gasteiger partial charge in [0.25, 0.3) is 5.56 Å². The summed E-state index contributed by atoms with van der Waals surface area (Å²) < 4.78 is 7.14. The Bertz CT molecular complexity index is 1010. The lowest BCUT2D eigenvalue weighted by Crippen LogP contribution is -2.09. The predicted octanol–water partition coefficient (Wildman–Crippen LogP) is 2.94. The number of aromatic nitrogens is 2. The van der Waals surface area contributed by atoms with Crippen molar-refractivity contribution in [1.82, 2.24) is 9.38 Å². The van der Waals surface area contributed by atoms with Crippen LogP contribution in [0, 0.1) is 0 Å². The van der Waals surface area contributed by atoms with E-state index >= 15 is 0 Å². The Labute approximate surface area is 114 Å². The van der Waals surface area contributed by atoms with Gasteiger partial charge in [0.2, 0.25) is 0 Å². The van der Waals surface area contributed by atoms with Gasteiger partial charge in [0.15, 0.2) is 0 Å². The van der Waals surface area contributed by atoms with Gasteiger partial charge < -0.3 is 14.1 Å². The number of fused-ring (bicyclic) bond motifs is 5. The monoisotopic (exact) mass is 264 g/mol. The molecule has 4 heteroatoms. The van der Waals surface area contributed by atoms with Crippen molar-refractivity contribution in [3.8, 4) is 5.75 Å². The number of nitrogens with one attached hydrogen (secondary N) is 1. The van der Waals surface area contributed by atoms with E-state index in [4.69, 9.17) is 4.74 Å². The van der Waals surface area contributed by atoms with Gasteiger partial charge >= 0.3 is 0 Å². The van der Waals surface area contributed by atoms with E-state index in [1.165, 1.54) is 0 Å². The average Bonchev–Trinajstić information content (AvgIpc) is 2.86. The molecule has 0 aliphatic carbocycles. The van der Waals surface area contributed by atoms with Crippen LogP contribution < -0.4 is 10.3 Å². The molecular weight excluding hydrogens is 252 g/mol. The number of hydrogen-bond acceptors (Lipinski definition) is 2. The second-order valence-electron chi connectivity index (χ2n) is 4.77. The van der Waals surface area contributed by atoms with E-state index < -0.39 is 0 Å². The summed E-state index contributed by atoms with van der Waals surface area (Å²) in [5, 5.41) is 2.02. The van der Waals surface area contributed by atoms with Crippen LogP contribution >= 0.6 is 0 Å². The third kappa shape index (κ3) is 1.39. The lowest BCUT2D eigenvalue weighted by Gasteiger charge is -2.05. The number of methoxy groups -OCH3 is 1. The predicted molar refractivity (Wildman–Crippen MR) is 79.6 cm³/mol. The SMILES string of the molecule is COc1ccc2c(c1)[nH]c(=O)c1c3ccccc3cn21. The number of rotatable bonds is 1. The molecule has 0 fully saturated rings. The number of aromatic amines is 1. The third-order valence-corrected chi connectivity index (χ3v) is 3.65. The Morgan fingerprint density at radius 2 is 2.00 bits per heavy atom. The summed E-state index contributed by atoms with van der Waals surface area (Å²) in [6.07, 6.45) is 1.99. The molecule has 0 spiro atoms. The van der Waals surface area contributed by atoms with Crippen LogP contribution in [0.3, 0.4) is 0 Å². The highest BCUT2D eigenvalue weighted by Gasteiger charge is 2.10. The summed E-state index contributed by atoms with van der Waals surface area (Å²) in [5.74, 6) is 0.726. The lowest BCUT2D eigenvalue weighted by atomic mass is 10.2. The Balaban J connectivity index is 2.27. The van der Waals surface area contributed by atoms with E-state index in [0.29, 0.717) is 5.52 Å². The quantitative estimate of drug-likeness (QED) is 0.574. The van der Waals surface area contributed by atoms with Crippen LogP contribution in [0.5, 0.6) is 5.75 Å². The van der Waals surface area contributed by atoms with Crippen LogP contribution in [-0.2, 0) is 0 Å². The minimum Gasteiger partial charge on any atom is -0.497 e. The first kappa shape index (κ1) is 11.1. The third-order valence-electron chi connectivity index (χ3n) is 3.65. The van der Waals surface area contributed by atoms with Gasteiger partial charge in [-0.2, -0.15) is 0 Å². The highest BCUT2D eigenvalue weighted by molar-refractivity contribution is 5.99. The van der Waals surface area contributed by atoms with Crippen molar-refractivity contribution in [2.75, 3.05) is 7.11 Å². The molecule has 0 amide bonds. The topological polar surface area (TPSA) is 46.5 Å². The Morgan fingerprint density at radius 1 is 1.15 bits per heavy atom. The molecule has 0 bridgehead atoms. The zero-order chi connectivity index (χ0) is 13.7. The minimum atomic E-state index is -0.0908. The second kappa shape index (κ2) is 3.87. The van der Waals surface area contributed by atoms with Gasteiger partial charge in [-0.3, -0.25) is 4.79 Å². The lowest BCUT2D eigenvalue weighted by molar-refractivity contribution is 0.415. The highest BCUT2D eigenvalue weighted by atomic mass is 16.5. The van der Waals surface area contributed by atoms with Crippen LogP contribution in [0.25, 0.3) is 27.3 Å². The molecule has 0 saturated heterocycles. The van der Waals surface area contributed by atoms with Gasteiger partial charge in [-0.25, -0.2) is 0 Å². The van der Waals surface area contributed by atoms with Crippen LogP contribution in [0.2, 0.25) is 0 Å². The van der Waals surface area contributed by atoms with Gasteiger partial charge in [0.05, 0.1) is 18.1 Å². The fourth-order valence-corrected chi connectivity index (χ4v) is 2.71. The molecule has 20 heavy (non-hydrogen) atoms. The number of ether oxygens (including phenoxy) is 1. The standard InChI is InChI=1S/C16H12N2O2/c1-20-11-6-7-14-13(8-11)17-16(19)15-12-5-3-2-4-10(12)9-18(14)15/h2-9H,1H3,(H,17,19). The largest absolute Gasteiger partial charge is 0.497 e. The molecule has 0 atom stereocenters. The van der Waals surface area contributed by atoms with Gasteiger partial charge in [-0.1, -0.05) is 24.3 Å². The fraction of sp³-hybridized carbons (Fsp3) is 0.0625. The van der Waals surface area contributed by atoms with E-state index in [2.05, 4.69) is 4.98 Å². The minimum absolute atomic E-state index is 0.0908. The second-order valence-corrected chi connectivity index (χ2v) is 4.77. The fourth-order valence-electron chi connectivity index (χ4n) is 2.71. The summed E-state index contributed by atoms with van der Waals surface area (Å²) in [5.41, 5.74) is 2.31. The van der Waals surface area contributed by atoms with Gasteiger partial charge in [0, 0.05) is 23.0 Å². The molecule has 4 nitrogen and oxygen atoms in total. The molecule has 0 aliphatic heterocycles. The van der Waals surface area contributed by atoms with E-state index in [0.717, 1.165) is 27.6 Å². The molecule has 4 aromatic rings. The number of nitrogens with zero attached hydrogens (tertiary/aromatic N) is 1. The van der Waals surface area contributed by atoms with E-state index in [9.17, 15) is 4.79 Å². The van der Waals surface area contributed by atoms with Crippen molar-refractivity contribution in [2.45, 2.75) is 0 Å². The zero-order valence-corrected chi connectivity index (χ0v) is 10.9. The number of hydrogen-bond donors (Lipinski definition) is 1. The van der Waals surface area contributed by atoms with E-state index in [1.54, 1.807) is 7.11 Å². The van der Waals surface area contributed by atoms with E-state index in [-0.39, 0.29) is 5.56 Å². The van der Waals surface area contributed by atoms with Crippen molar-refractivity contribution in [3.63, 3.8) is 0 Å². The summed E-state index contributed by atoms with van der Waals surface area (Å²) in [6.45, 7) is 0. The molecule has 98 valence electrons. The molecule has 2 heterocycles. The van der Waals surface area contributed by atoms with Crippen LogP contribution in [-0.4, -0.2) is 16.5 Å². The van der Waals surface area contributed by atoms with Crippen molar-refractivity contribution in [2.24, 2.45) is 0 Å². The van der Waals surface area contributed by atoms with Gasteiger partial charge in [-0.15, -0.1) is 0 Å². The number of H-pyrrole nitrogens is 1. The zero-order valence-electron chi connectivity index (χ0n) is 10.9. The molecule has 0 radical (unpaired) electrons. The Hall–Kier alpha value is -2.75. The van der Waals surface area contributed by atoms with E-state index in [1.807, 2.05) is 53.1 Å². The molecule has 2 aromatic carbocycles. The molecule has 1 N–H and O–H groups in total. The summed E-state index contributed by atoms with van der Waals surface area (Å²) in [7, 11) is 1.61. The smallest absolute Gasteiger partial charge is 0.273 e. The first-order valence-electron chi connectivity index (χ1n) is 6.38. The van der Waals surface area contributed by atoms with Crippen LogP contribution in [0.1, 0.15) is 0 Å². The Morgan fingerprint density at radius 3 is 2.85 bits per heavy atom. The molecule has 2 aromatic heterocycles. The molecule has 0 saturated carbocycles. The van der Waals surface area contributed by atoms with Crippen LogP contribution in [0.4, 0.5) is 0 Å². The summed E-state index contributed by atoms with van der Waals surface area (Å²) >= 11 is 0. The number of benzene rings is 2. The van der Waals surface area contributed by atoms with Crippen molar-refractivity contribution in [3.05, 3.63) is 59.0 Å². The maximum Gasteiger partial charge on any atom is 0.273 e. The Kier molecular flexibility index (Phi) is 2.15. The van der Waals surface area contributed by atoms with Gasteiger partial charge in [0.1, 0.15) is 11.3 Å². The maximum atomic E-state index is 12.4. The van der Waals surface area contributed by atoms with Crippen LogP contribution in [0.15, 0.2) is 53.5 Å². The van der Waals surface area contributed by atoms with Crippen molar-refractivity contribution >= 4 is 27.3 Å². The molecule has 0 aliphatic rings. The van der Waals surface area contributed by atoms with Crippen molar-refractivity contribution in [1.29, 1.82) is 0 Å². The summed E-state index contributed by atoms with van der Waals surface area (Å²) in [6, 6.07) is 13.6. The van der Waals surface area contributed by atoms with Crippen molar-refractivity contribution < 1.29 is 4.74 Å². The molecule has 0 unspecified atom stereocenters. The molecular formula is C16H12N2O2. The average molecular weight is 264 g/mol. The molecule has 4 rings (SSSR count). The first-order valence-corrected chi connectivity index (χ1v) is 6.38.